The van der Waals surface area contributed by atoms with E-state index in [2.05, 4.69) is 149 Å². The van der Waals surface area contributed by atoms with Crippen LogP contribution in [0.2, 0.25) is 0 Å². The summed E-state index contributed by atoms with van der Waals surface area (Å²) in [5.74, 6) is 1.65. The van der Waals surface area contributed by atoms with Crippen LogP contribution < -0.4 is 0 Å². The Bertz CT molecular complexity index is 3060. The van der Waals surface area contributed by atoms with Crippen LogP contribution in [0, 0.1) is 0 Å². The molecule has 0 saturated heterocycles. The summed E-state index contributed by atoms with van der Waals surface area (Å²) >= 11 is 0. The molecule has 0 spiro atoms. The van der Waals surface area contributed by atoms with Gasteiger partial charge in [-0.15, -0.1) is 0 Å². The van der Waals surface area contributed by atoms with E-state index < -0.39 is 0 Å². The van der Waals surface area contributed by atoms with E-state index in [1.807, 2.05) is 24.3 Å². The summed E-state index contributed by atoms with van der Waals surface area (Å²) in [7, 11) is 0. The van der Waals surface area contributed by atoms with E-state index in [1.165, 1.54) is 10.8 Å². The highest BCUT2D eigenvalue weighted by atomic mass is 16.3. The number of nitrogens with zero attached hydrogens (tertiary/aromatic N) is 5. The first-order valence-electron chi connectivity index (χ1n) is 17.0. The Kier molecular flexibility index (Phi) is 5.86. The van der Waals surface area contributed by atoms with Crippen LogP contribution in [0.4, 0.5) is 0 Å². The second kappa shape index (κ2) is 10.7. The zero-order valence-electron chi connectivity index (χ0n) is 27.2. The molecule has 11 aromatic rings. The molecule has 0 unspecified atom stereocenters. The summed E-state index contributed by atoms with van der Waals surface area (Å²) < 4.78 is 11.0. The van der Waals surface area contributed by atoms with E-state index in [4.69, 9.17) is 19.4 Å². The normalized spacial score (nSPS) is 11.9. The molecule has 0 aliphatic rings. The number of para-hydroxylation sites is 7. The number of rotatable bonds is 4. The Morgan fingerprint density at radius 2 is 0.804 bits per heavy atom. The molecule has 0 bridgehead atoms. The summed E-state index contributed by atoms with van der Waals surface area (Å²) in [4.78, 5) is 15.9. The highest BCUT2D eigenvalue weighted by molar-refractivity contribution is 6.11. The molecule has 0 aliphatic heterocycles. The molecule has 51 heavy (non-hydrogen) atoms. The van der Waals surface area contributed by atoms with Crippen LogP contribution >= 0.6 is 0 Å². The molecule has 4 aromatic heterocycles. The fraction of sp³-hybridized carbons (Fsp3) is 0. The zero-order chi connectivity index (χ0) is 33.5. The summed E-state index contributed by atoms with van der Waals surface area (Å²) in [6, 6.07) is 56.7. The fourth-order valence-corrected chi connectivity index (χ4v) is 7.81. The third-order valence-electron chi connectivity index (χ3n) is 10.0. The van der Waals surface area contributed by atoms with Crippen molar-refractivity contribution in [2.45, 2.75) is 0 Å². The molecular formula is C45H27N5O. The third kappa shape index (κ3) is 4.07. The lowest BCUT2D eigenvalue weighted by Gasteiger charge is -2.15. The maximum atomic E-state index is 6.52. The minimum Gasteiger partial charge on any atom is -0.455 e. The minimum absolute atomic E-state index is 0.539. The van der Waals surface area contributed by atoms with Gasteiger partial charge in [-0.1, -0.05) is 115 Å². The van der Waals surface area contributed by atoms with Crippen molar-refractivity contribution in [2.75, 3.05) is 0 Å². The monoisotopic (exact) mass is 653 g/mol. The van der Waals surface area contributed by atoms with Crippen molar-refractivity contribution in [3.63, 3.8) is 0 Å². The molecule has 6 heteroatoms. The Morgan fingerprint density at radius 1 is 0.353 bits per heavy atom. The molecule has 6 nitrogen and oxygen atoms in total. The van der Waals surface area contributed by atoms with Gasteiger partial charge < -0.3 is 8.98 Å². The largest absolute Gasteiger partial charge is 0.455 e. The van der Waals surface area contributed by atoms with Gasteiger partial charge in [0.15, 0.2) is 11.6 Å². The van der Waals surface area contributed by atoms with Crippen LogP contribution in [0.5, 0.6) is 0 Å². The van der Waals surface area contributed by atoms with Crippen LogP contribution in [0.15, 0.2) is 168 Å². The molecule has 0 N–H and O–H groups in total. The number of hydrogen-bond donors (Lipinski definition) is 0. The third-order valence-corrected chi connectivity index (χ3v) is 10.0. The standard InChI is InChI=1S/C45H27N5O/c1-7-22-36-28(14-1)29-15-2-8-23-37(29)49(36)40-26-11-5-19-34(40)43-46-44(35-21-13-20-33-32-18-6-12-27-41(32)51-42(33)35)48-45(47-43)50-38-24-9-3-16-30(38)31-17-4-10-25-39(31)50/h1-27H. The zero-order valence-corrected chi connectivity index (χ0v) is 27.2. The predicted molar refractivity (Wildman–Crippen MR) is 207 cm³/mol. The SMILES string of the molecule is c1ccc(-n2c3ccccc3c3ccccc32)c(-c2nc(-c3cccc4c3oc3ccccc34)nc(-n3c4ccccc4c4ccccc43)n2)c1. The molecule has 0 radical (unpaired) electrons. The Balaban J connectivity index is 1.24. The molecule has 11 rings (SSSR count). The lowest BCUT2D eigenvalue weighted by atomic mass is 10.1. The van der Waals surface area contributed by atoms with Gasteiger partial charge in [-0.05, 0) is 48.5 Å². The second-order valence-electron chi connectivity index (χ2n) is 12.8. The molecule has 0 saturated carbocycles. The van der Waals surface area contributed by atoms with E-state index in [0.29, 0.717) is 17.6 Å². The summed E-state index contributed by atoms with van der Waals surface area (Å²) in [5.41, 5.74) is 8.56. The summed E-state index contributed by atoms with van der Waals surface area (Å²) in [6.45, 7) is 0. The van der Waals surface area contributed by atoms with Crippen molar-refractivity contribution in [3.8, 4) is 34.4 Å². The first-order chi connectivity index (χ1) is 25.3. The highest BCUT2D eigenvalue weighted by Gasteiger charge is 2.22. The van der Waals surface area contributed by atoms with Crippen molar-refractivity contribution in [3.05, 3.63) is 164 Å². The van der Waals surface area contributed by atoms with Crippen LogP contribution in [0.1, 0.15) is 0 Å². The maximum Gasteiger partial charge on any atom is 0.238 e. The number of fused-ring (bicyclic) bond motifs is 9. The Labute approximate surface area is 291 Å². The predicted octanol–water partition coefficient (Wildman–Crippen LogP) is 11.3. The molecule has 7 aromatic carbocycles. The van der Waals surface area contributed by atoms with Gasteiger partial charge in [0.1, 0.15) is 11.2 Å². The van der Waals surface area contributed by atoms with Gasteiger partial charge in [-0.3, -0.25) is 4.57 Å². The average molecular weight is 654 g/mol. The quantitative estimate of drug-likeness (QED) is 0.190. The van der Waals surface area contributed by atoms with Gasteiger partial charge in [0.25, 0.3) is 0 Å². The van der Waals surface area contributed by atoms with Crippen LogP contribution in [0.25, 0.3) is 100.0 Å². The van der Waals surface area contributed by atoms with Crippen LogP contribution in [-0.4, -0.2) is 24.1 Å². The van der Waals surface area contributed by atoms with E-state index in [9.17, 15) is 0 Å². The summed E-state index contributed by atoms with van der Waals surface area (Å²) in [5, 5.41) is 6.75. The van der Waals surface area contributed by atoms with Crippen molar-refractivity contribution >= 4 is 65.6 Å². The summed E-state index contributed by atoms with van der Waals surface area (Å²) in [6.07, 6.45) is 0. The Morgan fingerprint density at radius 3 is 1.43 bits per heavy atom. The van der Waals surface area contributed by atoms with E-state index in [1.54, 1.807) is 0 Å². The smallest absolute Gasteiger partial charge is 0.238 e. The van der Waals surface area contributed by atoms with Crippen molar-refractivity contribution in [1.82, 2.24) is 24.1 Å². The van der Waals surface area contributed by atoms with Crippen molar-refractivity contribution in [2.24, 2.45) is 0 Å². The van der Waals surface area contributed by atoms with Gasteiger partial charge in [0.05, 0.1) is 33.3 Å². The highest BCUT2D eigenvalue weighted by Crippen LogP contribution is 2.39. The Hall–Kier alpha value is -7.05. The van der Waals surface area contributed by atoms with Crippen molar-refractivity contribution in [1.29, 1.82) is 0 Å². The topological polar surface area (TPSA) is 61.7 Å². The lowest BCUT2D eigenvalue weighted by Crippen LogP contribution is -2.07. The van der Waals surface area contributed by atoms with E-state index >= 15 is 0 Å². The molecule has 0 fully saturated rings. The number of hydrogen-bond acceptors (Lipinski definition) is 4. The van der Waals surface area contributed by atoms with Crippen molar-refractivity contribution < 1.29 is 4.42 Å². The fourth-order valence-electron chi connectivity index (χ4n) is 7.81. The van der Waals surface area contributed by atoms with Crippen LogP contribution in [0.3, 0.4) is 0 Å². The number of benzene rings is 7. The second-order valence-corrected chi connectivity index (χ2v) is 12.8. The van der Waals surface area contributed by atoms with E-state index in [-0.39, 0.29) is 0 Å². The van der Waals surface area contributed by atoms with Gasteiger partial charge in [-0.25, -0.2) is 4.98 Å². The minimum atomic E-state index is 0.539. The molecule has 0 amide bonds. The lowest BCUT2D eigenvalue weighted by molar-refractivity contribution is 0.669. The molecule has 238 valence electrons. The maximum absolute atomic E-state index is 6.52. The average Bonchev–Trinajstić information content (AvgIpc) is 3.86. The van der Waals surface area contributed by atoms with Gasteiger partial charge in [0, 0.05) is 37.9 Å². The molecule has 4 heterocycles. The molecular weight excluding hydrogens is 627 g/mol. The first kappa shape index (κ1) is 27.9. The first-order valence-corrected chi connectivity index (χ1v) is 17.0. The number of furan rings is 1. The van der Waals surface area contributed by atoms with Gasteiger partial charge >= 0.3 is 0 Å². The molecule has 0 aliphatic carbocycles. The van der Waals surface area contributed by atoms with Gasteiger partial charge in [-0.2, -0.15) is 9.97 Å². The van der Waals surface area contributed by atoms with E-state index in [0.717, 1.165) is 71.6 Å². The number of aromatic nitrogens is 5. The van der Waals surface area contributed by atoms with Gasteiger partial charge in [0.2, 0.25) is 5.95 Å². The molecule has 0 atom stereocenters. The van der Waals surface area contributed by atoms with Crippen LogP contribution in [-0.2, 0) is 0 Å².